The number of halogens is 1. The van der Waals surface area contributed by atoms with E-state index in [-0.39, 0.29) is 11.9 Å². The third-order valence-electron chi connectivity index (χ3n) is 6.41. The van der Waals surface area contributed by atoms with E-state index in [1.807, 2.05) is 6.07 Å². The molecular weight excluding hydrogens is 310 g/mol. The Balaban J connectivity index is 1.53. The number of pyridine rings is 1. The quantitative estimate of drug-likeness (QED) is 0.873. The monoisotopic (exact) mass is 331 g/mol. The first-order valence-corrected chi connectivity index (χ1v) is 8.69. The lowest BCUT2D eigenvalue weighted by atomic mass is 9.45. The van der Waals surface area contributed by atoms with E-state index in [0.29, 0.717) is 28.0 Å². The molecule has 2 aromatic heterocycles. The normalized spacial score (nSPS) is 31.7. The molecule has 5 rings (SSSR count). The van der Waals surface area contributed by atoms with Gasteiger partial charge in [0, 0.05) is 17.6 Å². The minimum absolute atomic E-state index is 0.0479. The molecule has 0 spiro atoms. The average molecular weight is 332 g/mol. The van der Waals surface area contributed by atoms with Crippen LogP contribution < -0.4 is 5.32 Å². The van der Waals surface area contributed by atoms with Gasteiger partial charge in [0.2, 0.25) is 0 Å². The standard InChI is InChI=1S/C18H22ClN3O/c1-9-12-4-10(18(12,2)3)5-14(9)22-17(23)15-6-11-13(19)7-20-8-16(11)21-15/h6-10,12,14,21H,4-5H2,1-3H3,(H,22,23)/t9-,10+,12-,14-/m0/s1. The van der Waals surface area contributed by atoms with E-state index < -0.39 is 0 Å². The fraction of sp³-hybridized carbons (Fsp3) is 0.556. The number of nitrogens with one attached hydrogen (secondary N) is 2. The lowest BCUT2D eigenvalue weighted by Gasteiger charge is -2.62. The Bertz CT molecular complexity index is 782. The van der Waals surface area contributed by atoms with Crippen molar-refractivity contribution in [3.63, 3.8) is 0 Å². The second kappa shape index (κ2) is 4.97. The number of hydrogen-bond acceptors (Lipinski definition) is 2. The number of rotatable bonds is 2. The first kappa shape index (κ1) is 15.0. The summed E-state index contributed by atoms with van der Waals surface area (Å²) < 4.78 is 0. The fourth-order valence-corrected chi connectivity index (χ4v) is 4.94. The highest BCUT2D eigenvalue weighted by Gasteiger charge is 2.56. The van der Waals surface area contributed by atoms with Crippen molar-refractivity contribution in [2.75, 3.05) is 0 Å². The predicted octanol–water partition coefficient (Wildman–Crippen LogP) is 4.02. The Labute approximate surface area is 141 Å². The van der Waals surface area contributed by atoms with Gasteiger partial charge in [-0.3, -0.25) is 9.78 Å². The maximum Gasteiger partial charge on any atom is 0.267 e. The van der Waals surface area contributed by atoms with Gasteiger partial charge in [-0.2, -0.15) is 0 Å². The highest BCUT2D eigenvalue weighted by molar-refractivity contribution is 6.35. The number of aromatic nitrogens is 2. The van der Waals surface area contributed by atoms with Crippen molar-refractivity contribution in [1.29, 1.82) is 0 Å². The first-order valence-electron chi connectivity index (χ1n) is 8.31. The van der Waals surface area contributed by atoms with E-state index in [1.165, 1.54) is 6.42 Å². The largest absolute Gasteiger partial charge is 0.349 e. The van der Waals surface area contributed by atoms with E-state index >= 15 is 0 Å². The van der Waals surface area contributed by atoms with E-state index in [9.17, 15) is 4.79 Å². The molecule has 3 aliphatic rings. The minimum atomic E-state index is -0.0479. The van der Waals surface area contributed by atoms with E-state index in [4.69, 9.17) is 11.6 Å². The van der Waals surface area contributed by atoms with Gasteiger partial charge < -0.3 is 10.3 Å². The van der Waals surface area contributed by atoms with Crippen molar-refractivity contribution in [3.8, 4) is 0 Å². The van der Waals surface area contributed by atoms with Crippen LogP contribution in [0.15, 0.2) is 18.5 Å². The van der Waals surface area contributed by atoms with Gasteiger partial charge in [-0.1, -0.05) is 32.4 Å². The molecule has 122 valence electrons. The van der Waals surface area contributed by atoms with Crippen LogP contribution in [0.1, 0.15) is 44.1 Å². The maximum absolute atomic E-state index is 12.6. The number of hydrogen-bond donors (Lipinski definition) is 2. The molecule has 1 amide bonds. The van der Waals surface area contributed by atoms with Gasteiger partial charge in [0.1, 0.15) is 5.69 Å². The number of fused-ring (bicyclic) bond motifs is 3. The van der Waals surface area contributed by atoms with Gasteiger partial charge in [-0.05, 0) is 42.1 Å². The number of aromatic amines is 1. The fourth-order valence-electron chi connectivity index (χ4n) is 4.73. The summed E-state index contributed by atoms with van der Waals surface area (Å²) >= 11 is 6.13. The van der Waals surface area contributed by atoms with Crippen molar-refractivity contribution in [2.24, 2.45) is 23.2 Å². The SMILES string of the molecule is C[C@@H]1[C@@H](NC(=O)c2cc3c(Cl)cncc3[nH]2)C[C@H]2C[C@@H]1C2(C)C. The summed E-state index contributed by atoms with van der Waals surface area (Å²) in [4.78, 5) is 19.8. The third kappa shape index (κ3) is 2.18. The second-order valence-electron chi connectivity index (χ2n) is 7.80. The summed E-state index contributed by atoms with van der Waals surface area (Å²) in [5.41, 5.74) is 1.78. The Morgan fingerprint density at radius 1 is 1.39 bits per heavy atom. The lowest BCUT2D eigenvalue weighted by Crippen LogP contribution is -2.60. The van der Waals surface area contributed by atoms with E-state index in [0.717, 1.165) is 23.2 Å². The molecule has 5 heteroatoms. The molecule has 0 radical (unpaired) electrons. The van der Waals surface area contributed by atoms with Crippen molar-refractivity contribution in [1.82, 2.24) is 15.3 Å². The van der Waals surface area contributed by atoms with Crippen molar-refractivity contribution < 1.29 is 4.79 Å². The van der Waals surface area contributed by atoms with E-state index in [2.05, 4.69) is 36.1 Å². The van der Waals surface area contributed by atoms with Crippen LogP contribution in [0.2, 0.25) is 5.02 Å². The zero-order chi connectivity index (χ0) is 16.4. The molecule has 0 aliphatic heterocycles. The van der Waals surface area contributed by atoms with Gasteiger partial charge in [-0.25, -0.2) is 0 Å². The molecular formula is C18H22ClN3O. The van der Waals surface area contributed by atoms with Crippen molar-refractivity contribution in [2.45, 2.75) is 39.7 Å². The van der Waals surface area contributed by atoms with Gasteiger partial charge >= 0.3 is 0 Å². The van der Waals surface area contributed by atoms with E-state index in [1.54, 1.807) is 12.4 Å². The summed E-state index contributed by atoms with van der Waals surface area (Å²) in [5.74, 6) is 1.92. The Morgan fingerprint density at radius 3 is 2.83 bits per heavy atom. The number of nitrogens with zero attached hydrogens (tertiary/aromatic N) is 1. The lowest BCUT2D eigenvalue weighted by molar-refractivity contribution is -0.113. The zero-order valence-corrected chi connectivity index (χ0v) is 14.4. The molecule has 3 saturated carbocycles. The van der Waals surface area contributed by atoms with Gasteiger partial charge in [0.15, 0.2) is 0 Å². The van der Waals surface area contributed by atoms with Crippen molar-refractivity contribution >= 4 is 28.4 Å². The number of H-pyrrole nitrogens is 1. The van der Waals surface area contributed by atoms with Crippen LogP contribution in [-0.2, 0) is 0 Å². The van der Waals surface area contributed by atoms with Gasteiger partial charge in [-0.15, -0.1) is 0 Å². The van der Waals surface area contributed by atoms with Crippen LogP contribution in [0.5, 0.6) is 0 Å². The highest BCUT2D eigenvalue weighted by Crippen LogP contribution is 2.61. The molecule has 3 fully saturated rings. The molecule has 0 saturated heterocycles. The second-order valence-corrected chi connectivity index (χ2v) is 8.21. The molecule has 2 aromatic rings. The zero-order valence-electron chi connectivity index (χ0n) is 13.7. The van der Waals surface area contributed by atoms with Crippen LogP contribution in [0, 0.1) is 23.2 Å². The molecule has 0 unspecified atom stereocenters. The van der Waals surface area contributed by atoms with Crippen LogP contribution in [-0.4, -0.2) is 21.9 Å². The molecule has 23 heavy (non-hydrogen) atoms. The molecule has 2 heterocycles. The predicted molar refractivity (Wildman–Crippen MR) is 91.5 cm³/mol. The third-order valence-corrected chi connectivity index (χ3v) is 6.71. The Hall–Kier alpha value is -1.55. The molecule has 0 aromatic carbocycles. The molecule has 4 atom stereocenters. The molecule has 3 aliphatic carbocycles. The smallest absolute Gasteiger partial charge is 0.267 e. The average Bonchev–Trinajstić information content (AvgIpc) is 2.94. The Morgan fingerprint density at radius 2 is 2.17 bits per heavy atom. The van der Waals surface area contributed by atoms with Crippen molar-refractivity contribution in [3.05, 3.63) is 29.2 Å². The summed E-state index contributed by atoms with van der Waals surface area (Å²) in [5, 5.41) is 4.63. The molecule has 2 N–H and O–H groups in total. The van der Waals surface area contributed by atoms with Crippen LogP contribution in [0.4, 0.5) is 0 Å². The van der Waals surface area contributed by atoms with Crippen LogP contribution >= 0.6 is 11.6 Å². The topological polar surface area (TPSA) is 57.8 Å². The van der Waals surface area contributed by atoms with Crippen LogP contribution in [0.25, 0.3) is 10.9 Å². The van der Waals surface area contributed by atoms with Gasteiger partial charge in [0.05, 0.1) is 16.7 Å². The summed E-state index contributed by atoms with van der Waals surface area (Å²) in [7, 11) is 0. The number of carbonyl (C=O) groups is 1. The van der Waals surface area contributed by atoms with Gasteiger partial charge in [0.25, 0.3) is 5.91 Å². The maximum atomic E-state index is 12.6. The highest BCUT2D eigenvalue weighted by atomic mass is 35.5. The number of carbonyl (C=O) groups excluding carboxylic acids is 1. The van der Waals surface area contributed by atoms with Crippen LogP contribution in [0.3, 0.4) is 0 Å². The Kier molecular flexibility index (Phi) is 3.24. The number of amides is 1. The summed E-state index contributed by atoms with van der Waals surface area (Å²) in [6.07, 6.45) is 5.68. The molecule has 4 nitrogen and oxygen atoms in total. The summed E-state index contributed by atoms with van der Waals surface area (Å²) in [6.45, 7) is 7.01. The summed E-state index contributed by atoms with van der Waals surface area (Å²) in [6, 6.07) is 2.08. The molecule has 2 bridgehead atoms. The minimum Gasteiger partial charge on any atom is -0.349 e. The first-order chi connectivity index (χ1) is 10.9.